The van der Waals surface area contributed by atoms with Crippen LogP contribution in [0.1, 0.15) is 68.4 Å². The molecule has 0 bridgehead atoms. The molecule has 1 aliphatic carbocycles. The Morgan fingerprint density at radius 1 is 1.29 bits per heavy atom. The Hall–Kier alpha value is -0.340. The predicted molar refractivity (Wildman–Crippen MR) is 76.8 cm³/mol. The number of unbranched alkanes of at least 4 members (excludes halogenated alkanes) is 4. The summed E-state index contributed by atoms with van der Waals surface area (Å²) in [5.74, 6) is 0. The van der Waals surface area contributed by atoms with Gasteiger partial charge in [-0.05, 0) is 49.2 Å². The Bertz CT molecular complexity index is 318. The Kier molecular flexibility index (Phi) is 5.53. The molecule has 1 atom stereocenters. The predicted octanol–water partition coefficient (Wildman–Crippen LogP) is 4.69. The van der Waals surface area contributed by atoms with Crippen LogP contribution in [-0.2, 0) is 6.42 Å². The zero-order valence-corrected chi connectivity index (χ0v) is 11.8. The second-order valence-corrected chi connectivity index (χ2v) is 6.11. The van der Waals surface area contributed by atoms with Gasteiger partial charge in [-0.3, -0.25) is 0 Å². The SMILES string of the molecule is CCCCCCCNC1CCCc2sccc21. The van der Waals surface area contributed by atoms with E-state index in [0.717, 1.165) is 0 Å². The summed E-state index contributed by atoms with van der Waals surface area (Å²) in [5, 5.41) is 6.00. The molecule has 1 aromatic rings. The van der Waals surface area contributed by atoms with Crippen LogP contribution in [-0.4, -0.2) is 6.54 Å². The van der Waals surface area contributed by atoms with Crippen molar-refractivity contribution in [2.75, 3.05) is 6.54 Å². The fourth-order valence-electron chi connectivity index (χ4n) is 2.70. The van der Waals surface area contributed by atoms with Gasteiger partial charge < -0.3 is 5.32 Å². The maximum Gasteiger partial charge on any atom is 0.0331 e. The minimum absolute atomic E-state index is 0.649. The van der Waals surface area contributed by atoms with E-state index in [1.807, 2.05) is 11.3 Å². The van der Waals surface area contributed by atoms with Crippen molar-refractivity contribution in [3.05, 3.63) is 21.9 Å². The molecule has 0 spiro atoms. The van der Waals surface area contributed by atoms with Crippen LogP contribution in [0.5, 0.6) is 0 Å². The molecule has 1 aromatic heterocycles. The van der Waals surface area contributed by atoms with E-state index < -0.39 is 0 Å². The lowest BCUT2D eigenvalue weighted by Gasteiger charge is -2.23. The molecule has 0 saturated heterocycles. The molecule has 1 aliphatic rings. The Morgan fingerprint density at radius 2 is 2.18 bits per heavy atom. The third-order valence-electron chi connectivity index (χ3n) is 3.72. The first-order valence-electron chi connectivity index (χ1n) is 7.21. The smallest absolute Gasteiger partial charge is 0.0331 e. The number of rotatable bonds is 7. The largest absolute Gasteiger partial charge is 0.310 e. The monoisotopic (exact) mass is 251 g/mol. The van der Waals surface area contributed by atoms with Crippen molar-refractivity contribution >= 4 is 11.3 Å². The fraction of sp³-hybridized carbons (Fsp3) is 0.733. The lowest BCUT2D eigenvalue weighted by Crippen LogP contribution is -2.25. The van der Waals surface area contributed by atoms with Gasteiger partial charge in [0.15, 0.2) is 0 Å². The normalized spacial score (nSPS) is 19.2. The molecule has 17 heavy (non-hydrogen) atoms. The van der Waals surface area contributed by atoms with Gasteiger partial charge in [-0.2, -0.15) is 0 Å². The second kappa shape index (κ2) is 7.17. The van der Waals surface area contributed by atoms with Crippen LogP contribution >= 0.6 is 11.3 Å². The van der Waals surface area contributed by atoms with E-state index in [1.165, 1.54) is 57.9 Å². The molecule has 0 amide bonds. The van der Waals surface area contributed by atoms with Crippen LogP contribution in [0.25, 0.3) is 0 Å². The number of nitrogens with one attached hydrogen (secondary N) is 1. The maximum atomic E-state index is 3.75. The van der Waals surface area contributed by atoms with Crippen molar-refractivity contribution in [2.24, 2.45) is 0 Å². The summed E-state index contributed by atoms with van der Waals surface area (Å²) < 4.78 is 0. The van der Waals surface area contributed by atoms with Crippen molar-refractivity contribution in [2.45, 2.75) is 64.3 Å². The van der Waals surface area contributed by atoms with Gasteiger partial charge in [0.2, 0.25) is 0 Å². The van der Waals surface area contributed by atoms with Gasteiger partial charge in [0.1, 0.15) is 0 Å². The Labute approximate surface area is 110 Å². The molecule has 1 unspecified atom stereocenters. The van der Waals surface area contributed by atoms with Crippen molar-refractivity contribution in [1.82, 2.24) is 5.32 Å². The van der Waals surface area contributed by atoms with Gasteiger partial charge in [-0.1, -0.05) is 32.6 Å². The summed E-state index contributed by atoms with van der Waals surface area (Å²) in [7, 11) is 0. The van der Waals surface area contributed by atoms with Crippen LogP contribution in [0.3, 0.4) is 0 Å². The molecule has 1 heterocycles. The van der Waals surface area contributed by atoms with Gasteiger partial charge >= 0.3 is 0 Å². The summed E-state index contributed by atoms with van der Waals surface area (Å²) in [6.07, 6.45) is 10.9. The molecular formula is C15H25NS. The molecule has 1 nitrogen and oxygen atoms in total. The molecule has 1 N–H and O–H groups in total. The van der Waals surface area contributed by atoms with Gasteiger partial charge in [0.05, 0.1) is 0 Å². The molecular weight excluding hydrogens is 226 g/mol. The van der Waals surface area contributed by atoms with Gasteiger partial charge in [-0.25, -0.2) is 0 Å². The summed E-state index contributed by atoms with van der Waals surface area (Å²) in [5.41, 5.74) is 1.59. The van der Waals surface area contributed by atoms with Crippen LogP contribution in [0.2, 0.25) is 0 Å². The lowest BCUT2D eigenvalue weighted by atomic mass is 9.94. The van der Waals surface area contributed by atoms with Crippen LogP contribution in [0.15, 0.2) is 11.4 Å². The first kappa shape index (κ1) is 13.1. The fourth-order valence-corrected chi connectivity index (χ4v) is 3.69. The Morgan fingerprint density at radius 3 is 3.06 bits per heavy atom. The van der Waals surface area contributed by atoms with Gasteiger partial charge in [-0.15, -0.1) is 11.3 Å². The van der Waals surface area contributed by atoms with Crippen LogP contribution in [0, 0.1) is 0 Å². The topological polar surface area (TPSA) is 12.0 Å². The molecule has 0 radical (unpaired) electrons. The highest BCUT2D eigenvalue weighted by molar-refractivity contribution is 7.10. The third-order valence-corrected chi connectivity index (χ3v) is 4.72. The first-order chi connectivity index (χ1) is 8.42. The van der Waals surface area contributed by atoms with E-state index in [2.05, 4.69) is 23.7 Å². The number of hydrogen-bond donors (Lipinski definition) is 1. The zero-order valence-electron chi connectivity index (χ0n) is 11.0. The molecule has 0 aliphatic heterocycles. The summed E-state index contributed by atoms with van der Waals surface area (Å²) in [6, 6.07) is 2.98. The standard InChI is InChI=1S/C15H25NS/c1-2-3-4-5-6-11-16-14-8-7-9-15-13(14)10-12-17-15/h10,12,14,16H,2-9,11H2,1H3. The molecule has 0 saturated carbocycles. The summed E-state index contributed by atoms with van der Waals surface area (Å²) >= 11 is 1.94. The van der Waals surface area contributed by atoms with E-state index in [-0.39, 0.29) is 0 Å². The number of aryl methyl sites for hydroxylation is 1. The molecule has 0 aromatic carbocycles. The van der Waals surface area contributed by atoms with Gasteiger partial charge in [0.25, 0.3) is 0 Å². The zero-order chi connectivity index (χ0) is 11.9. The van der Waals surface area contributed by atoms with Crippen LogP contribution in [0.4, 0.5) is 0 Å². The first-order valence-corrected chi connectivity index (χ1v) is 8.09. The molecule has 0 fully saturated rings. The average Bonchev–Trinajstić information content (AvgIpc) is 2.82. The van der Waals surface area contributed by atoms with E-state index in [0.29, 0.717) is 6.04 Å². The minimum atomic E-state index is 0.649. The van der Waals surface area contributed by atoms with E-state index in [1.54, 1.807) is 10.4 Å². The number of fused-ring (bicyclic) bond motifs is 1. The maximum absolute atomic E-state index is 3.75. The van der Waals surface area contributed by atoms with Gasteiger partial charge in [0, 0.05) is 10.9 Å². The molecule has 2 heteroatoms. The van der Waals surface area contributed by atoms with E-state index in [4.69, 9.17) is 0 Å². The average molecular weight is 251 g/mol. The molecule has 2 rings (SSSR count). The van der Waals surface area contributed by atoms with Crippen molar-refractivity contribution in [3.63, 3.8) is 0 Å². The Balaban J connectivity index is 1.67. The van der Waals surface area contributed by atoms with Crippen molar-refractivity contribution in [3.8, 4) is 0 Å². The van der Waals surface area contributed by atoms with Crippen LogP contribution < -0.4 is 5.32 Å². The number of hydrogen-bond acceptors (Lipinski definition) is 2. The van der Waals surface area contributed by atoms with E-state index in [9.17, 15) is 0 Å². The number of thiophene rings is 1. The quantitative estimate of drug-likeness (QED) is 0.693. The van der Waals surface area contributed by atoms with Crippen molar-refractivity contribution < 1.29 is 0 Å². The summed E-state index contributed by atoms with van der Waals surface area (Å²) in [6.45, 7) is 3.47. The van der Waals surface area contributed by atoms with E-state index >= 15 is 0 Å². The summed E-state index contributed by atoms with van der Waals surface area (Å²) in [4.78, 5) is 1.62. The second-order valence-electron chi connectivity index (χ2n) is 5.11. The minimum Gasteiger partial charge on any atom is -0.310 e. The highest BCUT2D eigenvalue weighted by Crippen LogP contribution is 2.33. The molecule has 96 valence electrons. The lowest BCUT2D eigenvalue weighted by molar-refractivity contribution is 0.452. The highest BCUT2D eigenvalue weighted by Gasteiger charge is 2.19. The van der Waals surface area contributed by atoms with Crippen molar-refractivity contribution in [1.29, 1.82) is 0 Å². The third kappa shape index (κ3) is 3.82. The highest BCUT2D eigenvalue weighted by atomic mass is 32.1.